The average molecular weight is 368 g/mol. The number of thiazole rings is 1. The summed E-state index contributed by atoms with van der Waals surface area (Å²) in [5.41, 5.74) is 2.43. The van der Waals surface area contributed by atoms with E-state index in [-0.39, 0.29) is 5.91 Å². The van der Waals surface area contributed by atoms with Gasteiger partial charge in [-0.05, 0) is 55.5 Å². The maximum atomic E-state index is 12.8. The van der Waals surface area contributed by atoms with Crippen molar-refractivity contribution in [2.75, 3.05) is 25.7 Å². The molecule has 0 radical (unpaired) electrons. The largest absolute Gasteiger partial charge is 0.497 e. The van der Waals surface area contributed by atoms with E-state index in [4.69, 9.17) is 9.47 Å². The van der Waals surface area contributed by atoms with E-state index in [9.17, 15) is 4.79 Å². The number of rotatable bonds is 6. The molecule has 3 aromatic rings. The topological polar surface area (TPSA) is 51.7 Å². The lowest BCUT2D eigenvalue weighted by Crippen LogP contribution is -2.30. The SMILES string of the molecule is CCN(C(=O)c1ccc(OC)cc1)c1nc(-c2ccc(OC)cc2)cs1. The Hall–Kier alpha value is -2.86. The summed E-state index contributed by atoms with van der Waals surface area (Å²) in [6, 6.07) is 14.8. The van der Waals surface area contributed by atoms with Gasteiger partial charge in [0, 0.05) is 23.1 Å². The molecule has 1 amide bonds. The van der Waals surface area contributed by atoms with Crippen LogP contribution in [0.2, 0.25) is 0 Å². The Morgan fingerprint density at radius 2 is 1.58 bits per heavy atom. The van der Waals surface area contributed by atoms with Gasteiger partial charge in [-0.25, -0.2) is 4.98 Å². The molecule has 1 aromatic heterocycles. The number of hydrogen-bond acceptors (Lipinski definition) is 5. The Morgan fingerprint density at radius 3 is 2.12 bits per heavy atom. The van der Waals surface area contributed by atoms with Gasteiger partial charge in [-0.1, -0.05) is 0 Å². The molecule has 0 unspecified atom stereocenters. The molecule has 0 aliphatic rings. The quantitative estimate of drug-likeness (QED) is 0.643. The second-order valence-electron chi connectivity index (χ2n) is 5.52. The highest BCUT2D eigenvalue weighted by molar-refractivity contribution is 7.14. The van der Waals surface area contributed by atoms with E-state index in [2.05, 4.69) is 4.98 Å². The molecule has 3 rings (SSSR count). The number of hydrogen-bond donors (Lipinski definition) is 0. The minimum absolute atomic E-state index is 0.0780. The Labute approximate surface area is 156 Å². The van der Waals surface area contributed by atoms with E-state index in [0.29, 0.717) is 17.2 Å². The molecular formula is C20H20N2O3S. The fourth-order valence-corrected chi connectivity index (χ4v) is 3.43. The maximum Gasteiger partial charge on any atom is 0.260 e. The van der Waals surface area contributed by atoms with Crippen molar-refractivity contribution in [3.63, 3.8) is 0 Å². The summed E-state index contributed by atoms with van der Waals surface area (Å²) in [7, 11) is 3.24. The van der Waals surface area contributed by atoms with Gasteiger partial charge in [-0.3, -0.25) is 9.69 Å². The zero-order valence-electron chi connectivity index (χ0n) is 14.9. The molecule has 0 fully saturated rings. The monoisotopic (exact) mass is 368 g/mol. The average Bonchev–Trinajstić information content (AvgIpc) is 3.18. The molecule has 0 saturated carbocycles. The van der Waals surface area contributed by atoms with Crippen molar-refractivity contribution >= 4 is 22.4 Å². The fraction of sp³-hybridized carbons (Fsp3) is 0.200. The first-order valence-corrected chi connectivity index (χ1v) is 9.10. The normalized spacial score (nSPS) is 10.4. The van der Waals surface area contributed by atoms with Gasteiger partial charge in [0.25, 0.3) is 5.91 Å². The number of benzene rings is 2. The van der Waals surface area contributed by atoms with Crippen LogP contribution in [0.15, 0.2) is 53.9 Å². The van der Waals surface area contributed by atoms with E-state index in [1.165, 1.54) is 11.3 Å². The van der Waals surface area contributed by atoms with Gasteiger partial charge in [0.2, 0.25) is 0 Å². The predicted molar refractivity (Wildman–Crippen MR) is 104 cm³/mol. The zero-order chi connectivity index (χ0) is 18.5. The molecule has 5 nitrogen and oxygen atoms in total. The summed E-state index contributed by atoms with van der Waals surface area (Å²) in [4.78, 5) is 19.2. The second-order valence-corrected chi connectivity index (χ2v) is 6.36. The van der Waals surface area contributed by atoms with Crippen molar-refractivity contribution in [3.05, 3.63) is 59.5 Å². The number of aromatic nitrogens is 1. The number of ether oxygens (including phenoxy) is 2. The smallest absolute Gasteiger partial charge is 0.260 e. The lowest BCUT2D eigenvalue weighted by atomic mass is 10.2. The Morgan fingerprint density at radius 1 is 1.00 bits per heavy atom. The lowest BCUT2D eigenvalue weighted by molar-refractivity contribution is 0.0988. The van der Waals surface area contributed by atoms with Crippen LogP contribution in [0.3, 0.4) is 0 Å². The third-order valence-corrected chi connectivity index (χ3v) is 4.87. The van der Waals surface area contributed by atoms with Crippen LogP contribution >= 0.6 is 11.3 Å². The first-order valence-electron chi connectivity index (χ1n) is 8.22. The summed E-state index contributed by atoms with van der Waals surface area (Å²) in [6.45, 7) is 2.48. The highest BCUT2D eigenvalue weighted by atomic mass is 32.1. The van der Waals surface area contributed by atoms with Gasteiger partial charge >= 0.3 is 0 Å². The molecule has 26 heavy (non-hydrogen) atoms. The molecule has 0 N–H and O–H groups in total. The number of methoxy groups -OCH3 is 2. The third kappa shape index (κ3) is 3.70. The molecule has 0 atom stereocenters. The van der Waals surface area contributed by atoms with Crippen LogP contribution in [-0.4, -0.2) is 31.7 Å². The Kier molecular flexibility index (Phi) is 5.53. The fourth-order valence-electron chi connectivity index (χ4n) is 2.54. The van der Waals surface area contributed by atoms with Crippen LogP contribution in [-0.2, 0) is 0 Å². The van der Waals surface area contributed by atoms with Crippen LogP contribution in [0.4, 0.5) is 5.13 Å². The van der Waals surface area contributed by atoms with Crippen molar-refractivity contribution in [1.82, 2.24) is 4.98 Å². The van der Waals surface area contributed by atoms with Crippen LogP contribution in [0.5, 0.6) is 11.5 Å². The zero-order valence-corrected chi connectivity index (χ0v) is 15.7. The summed E-state index contributed by atoms with van der Waals surface area (Å²) in [5, 5.41) is 2.64. The molecule has 1 heterocycles. The summed E-state index contributed by atoms with van der Waals surface area (Å²) in [5.74, 6) is 1.44. The number of anilines is 1. The van der Waals surface area contributed by atoms with Gasteiger partial charge < -0.3 is 9.47 Å². The van der Waals surface area contributed by atoms with Crippen molar-refractivity contribution in [2.24, 2.45) is 0 Å². The second kappa shape index (κ2) is 8.01. The molecule has 0 aliphatic carbocycles. The minimum atomic E-state index is -0.0780. The van der Waals surface area contributed by atoms with Gasteiger partial charge in [0.05, 0.1) is 19.9 Å². The van der Waals surface area contributed by atoms with E-state index in [1.807, 2.05) is 36.6 Å². The van der Waals surface area contributed by atoms with Crippen LogP contribution in [0.1, 0.15) is 17.3 Å². The molecule has 134 valence electrons. The van der Waals surface area contributed by atoms with Gasteiger partial charge in [0.1, 0.15) is 11.5 Å². The van der Waals surface area contributed by atoms with E-state index < -0.39 is 0 Å². The van der Waals surface area contributed by atoms with Crippen LogP contribution in [0.25, 0.3) is 11.3 Å². The summed E-state index contributed by atoms with van der Waals surface area (Å²) >= 11 is 1.46. The number of nitrogens with zero attached hydrogens (tertiary/aromatic N) is 2. The predicted octanol–water partition coefficient (Wildman–Crippen LogP) is 4.49. The molecule has 0 saturated heterocycles. The van der Waals surface area contributed by atoms with E-state index in [0.717, 1.165) is 22.8 Å². The van der Waals surface area contributed by atoms with Crippen LogP contribution in [0, 0.1) is 0 Å². The molecule has 0 spiro atoms. The van der Waals surface area contributed by atoms with Crippen molar-refractivity contribution < 1.29 is 14.3 Å². The van der Waals surface area contributed by atoms with Gasteiger partial charge in [-0.15, -0.1) is 11.3 Å². The Bertz CT molecular complexity index is 873. The van der Waals surface area contributed by atoms with Gasteiger partial charge in [-0.2, -0.15) is 0 Å². The maximum absolute atomic E-state index is 12.8. The third-order valence-electron chi connectivity index (χ3n) is 4.01. The first-order chi connectivity index (χ1) is 12.7. The lowest BCUT2D eigenvalue weighted by Gasteiger charge is -2.17. The molecule has 0 bridgehead atoms. The summed E-state index contributed by atoms with van der Waals surface area (Å²) < 4.78 is 10.3. The molecular weight excluding hydrogens is 348 g/mol. The van der Waals surface area contributed by atoms with E-state index >= 15 is 0 Å². The molecule has 2 aromatic carbocycles. The van der Waals surface area contributed by atoms with E-state index in [1.54, 1.807) is 43.4 Å². The summed E-state index contributed by atoms with van der Waals surface area (Å²) in [6.07, 6.45) is 0. The van der Waals surface area contributed by atoms with Crippen molar-refractivity contribution in [2.45, 2.75) is 6.92 Å². The molecule has 0 aliphatic heterocycles. The standard InChI is InChI=1S/C20H20N2O3S/c1-4-22(19(23)15-7-11-17(25-3)12-8-15)20-21-18(13-26-20)14-5-9-16(24-2)10-6-14/h5-13H,4H2,1-3H3. The van der Waals surface area contributed by atoms with Gasteiger partial charge in [0.15, 0.2) is 5.13 Å². The highest BCUT2D eigenvalue weighted by Crippen LogP contribution is 2.29. The highest BCUT2D eigenvalue weighted by Gasteiger charge is 2.19. The number of carbonyl (C=O) groups excluding carboxylic acids is 1. The minimum Gasteiger partial charge on any atom is -0.497 e. The number of amides is 1. The van der Waals surface area contributed by atoms with Crippen molar-refractivity contribution in [3.8, 4) is 22.8 Å². The Balaban J connectivity index is 1.83. The number of carbonyl (C=O) groups is 1. The van der Waals surface area contributed by atoms with Crippen molar-refractivity contribution in [1.29, 1.82) is 0 Å². The molecule has 6 heteroatoms. The van der Waals surface area contributed by atoms with Crippen LogP contribution < -0.4 is 14.4 Å². The first kappa shape index (κ1) is 17.9.